The van der Waals surface area contributed by atoms with E-state index in [2.05, 4.69) is 5.32 Å². The highest BCUT2D eigenvalue weighted by atomic mass is 19.4. The van der Waals surface area contributed by atoms with E-state index in [-0.39, 0.29) is 11.6 Å². The number of alkyl halides is 3. The van der Waals surface area contributed by atoms with Crippen LogP contribution in [0.2, 0.25) is 0 Å². The van der Waals surface area contributed by atoms with Crippen LogP contribution in [0.5, 0.6) is 0 Å². The molecule has 1 N–H and O–H groups in total. The molecule has 1 aromatic carbocycles. The first kappa shape index (κ1) is 15.9. The lowest BCUT2D eigenvalue weighted by Crippen LogP contribution is -2.35. The lowest BCUT2D eigenvalue weighted by atomic mass is 9.96. The van der Waals surface area contributed by atoms with Crippen molar-refractivity contribution in [1.82, 2.24) is 5.32 Å². The van der Waals surface area contributed by atoms with Crippen molar-refractivity contribution >= 4 is 5.91 Å². The minimum atomic E-state index is -4.42. The Labute approximate surface area is 122 Å². The average Bonchev–Trinajstić information content (AvgIpc) is 2.41. The molecule has 1 saturated carbocycles. The standard InChI is InChI=1S/C16H20F3NO/c17-16(18,19)13-8-6-7-12(11-13)15(21)20-14-9-4-2-1-3-5-10-14/h6-8,11,14H,1-5,9-10H2,(H,20,21). The molecule has 0 unspecified atom stereocenters. The number of benzene rings is 1. The summed E-state index contributed by atoms with van der Waals surface area (Å²) in [6.07, 6.45) is 3.08. The Hall–Kier alpha value is -1.52. The van der Waals surface area contributed by atoms with Crippen molar-refractivity contribution in [3.63, 3.8) is 0 Å². The molecule has 0 radical (unpaired) electrons. The van der Waals surface area contributed by atoms with Crippen LogP contribution in [0, 0.1) is 0 Å². The highest BCUT2D eigenvalue weighted by Gasteiger charge is 2.31. The Morgan fingerprint density at radius 3 is 2.29 bits per heavy atom. The van der Waals surface area contributed by atoms with Crippen molar-refractivity contribution < 1.29 is 18.0 Å². The van der Waals surface area contributed by atoms with Crippen molar-refractivity contribution in [3.8, 4) is 0 Å². The van der Waals surface area contributed by atoms with Gasteiger partial charge in [0.15, 0.2) is 0 Å². The number of carbonyl (C=O) groups excluding carboxylic acids is 1. The lowest BCUT2D eigenvalue weighted by molar-refractivity contribution is -0.137. The van der Waals surface area contributed by atoms with E-state index in [9.17, 15) is 18.0 Å². The Morgan fingerprint density at radius 1 is 1.05 bits per heavy atom. The number of hydrogen-bond acceptors (Lipinski definition) is 1. The minimum absolute atomic E-state index is 0.0758. The van der Waals surface area contributed by atoms with Crippen LogP contribution in [0.25, 0.3) is 0 Å². The Kier molecular flexibility index (Phi) is 5.26. The molecule has 1 fully saturated rings. The Morgan fingerprint density at radius 2 is 1.67 bits per heavy atom. The van der Waals surface area contributed by atoms with Crippen molar-refractivity contribution in [1.29, 1.82) is 0 Å². The fraction of sp³-hybridized carbons (Fsp3) is 0.562. The van der Waals surface area contributed by atoms with Gasteiger partial charge in [0.2, 0.25) is 0 Å². The highest BCUT2D eigenvalue weighted by Crippen LogP contribution is 2.29. The highest BCUT2D eigenvalue weighted by molar-refractivity contribution is 5.94. The van der Waals surface area contributed by atoms with E-state index < -0.39 is 17.6 Å². The number of amides is 1. The van der Waals surface area contributed by atoms with E-state index in [0.717, 1.165) is 50.7 Å². The van der Waals surface area contributed by atoms with Crippen molar-refractivity contribution in [2.75, 3.05) is 0 Å². The molecule has 2 rings (SSSR count). The van der Waals surface area contributed by atoms with Gasteiger partial charge < -0.3 is 5.32 Å². The third-order valence-electron chi connectivity index (χ3n) is 3.89. The van der Waals surface area contributed by atoms with Gasteiger partial charge in [-0.2, -0.15) is 13.2 Å². The van der Waals surface area contributed by atoms with Gasteiger partial charge >= 0.3 is 6.18 Å². The van der Waals surface area contributed by atoms with Gasteiger partial charge in [0, 0.05) is 11.6 Å². The van der Waals surface area contributed by atoms with Crippen molar-refractivity contribution in [3.05, 3.63) is 35.4 Å². The van der Waals surface area contributed by atoms with Crippen LogP contribution >= 0.6 is 0 Å². The quantitative estimate of drug-likeness (QED) is 0.853. The maximum atomic E-state index is 12.7. The predicted molar refractivity (Wildman–Crippen MR) is 75.0 cm³/mol. The summed E-state index contributed by atoms with van der Waals surface area (Å²) in [6.45, 7) is 0. The van der Waals surface area contributed by atoms with Crippen LogP contribution in [0.3, 0.4) is 0 Å². The summed E-state index contributed by atoms with van der Waals surface area (Å²) >= 11 is 0. The van der Waals surface area contributed by atoms with E-state index in [0.29, 0.717) is 0 Å². The molecule has 0 heterocycles. The largest absolute Gasteiger partial charge is 0.416 e. The molecule has 0 aliphatic heterocycles. The monoisotopic (exact) mass is 299 g/mol. The van der Waals surface area contributed by atoms with Crippen molar-refractivity contribution in [2.24, 2.45) is 0 Å². The van der Waals surface area contributed by atoms with Gasteiger partial charge in [0.05, 0.1) is 5.56 Å². The van der Waals surface area contributed by atoms with Gasteiger partial charge in [-0.25, -0.2) is 0 Å². The number of halogens is 3. The fourth-order valence-corrected chi connectivity index (χ4v) is 2.71. The summed E-state index contributed by atoms with van der Waals surface area (Å²) in [5, 5.41) is 2.88. The molecule has 1 aliphatic rings. The smallest absolute Gasteiger partial charge is 0.349 e. The van der Waals surface area contributed by atoms with Crippen LogP contribution in [0.15, 0.2) is 24.3 Å². The van der Waals surface area contributed by atoms with Gasteiger partial charge in [-0.1, -0.05) is 38.2 Å². The van der Waals surface area contributed by atoms with Gasteiger partial charge in [-0.15, -0.1) is 0 Å². The topological polar surface area (TPSA) is 29.1 Å². The van der Waals surface area contributed by atoms with Gasteiger partial charge in [-0.3, -0.25) is 4.79 Å². The zero-order valence-electron chi connectivity index (χ0n) is 11.9. The molecule has 0 aromatic heterocycles. The first-order valence-electron chi connectivity index (χ1n) is 7.45. The van der Waals surface area contributed by atoms with Gasteiger partial charge in [0.1, 0.15) is 0 Å². The number of rotatable bonds is 2. The number of nitrogens with one attached hydrogen (secondary N) is 1. The minimum Gasteiger partial charge on any atom is -0.349 e. The van der Waals surface area contributed by atoms with E-state index >= 15 is 0 Å². The second-order valence-electron chi connectivity index (χ2n) is 5.59. The first-order valence-corrected chi connectivity index (χ1v) is 7.45. The summed E-state index contributed by atoms with van der Waals surface area (Å²) in [6, 6.07) is 4.67. The zero-order chi connectivity index (χ0) is 15.3. The third-order valence-corrected chi connectivity index (χ3v) is 3.89. The van der Waals surface area contributed by atoms with E-state index in [1.807, 2.05) is 0 Å². The van der Waals surface area contributed by atoms with Crippen LogP contribution in [-0.2, 0) is 6.18 Å². The van der Waals surface area contributed by atoms with Crippen LogP contribution in [0.1, 0.15) is 60.9 Å². The maximum absolute atomic E-state index is 12.7. The molecule has 0 saturated heterocycles. The van der Waals surface area contributed by atoms with E-state index in [1.165, 1.54) is 18.6 Å². The third kappa shape index (κ3) is 4.76. The molecule has 5 heteroatoms. The van der Waals surface area contributed by atoms with E-state index in [4.69, 9.17) is 0 Å². The molecule has 0 atom stereocenters. The lowest BCUT2D eigenvalue weighted by Gasteiger charge is -2.21. The molecule has 21 heavy (non-hydrogen) atoms. The second kappa shape index (κ2) is 6.96. The number of hydrogen-bond donors (Lipinski definition) is 1. The summed E-state index contributed by atoms with van der Waals surface area (Å²) in [5.74, 6) is -0.410. The van der Waals surface area contributed by atoms with Crippen molar-refractivity contribution in [2.45, 2.75) is 57.2 Å². The normalized spacial score (nSPS) is 17.9. The van der Waals surface area contributed by atoms with Gasteiger partial charge in [0.25, 0.3) is 5.91 Å². The average molecular weight is 299 g/mol. The Balaban J connectivity index is 2.02. The van der Waals surface area contributed by atoms with Crippen LogP contribution < -0.4 is 5.32 Å². The van der Waals surface area contributed by atoms with Crippen LogP contribution in [-0.4, -0.2) is 11.9 Å². The van der Waals surface area contributed by atoms with E-state index in [1.54, 1.807) is 0 Å². The van der Waals surface area contributed by atoms with Crippen LogP contribution in [0.4, 0.5) is 13.2 Å². The Bertz CT molecular complexity index is 477. The molecule has 116 valence electrons. The zero-order valence-corrected chi connectivity index (χ0v) is 11.9. The summed E-state index contributed by atoms with van der Waals surface area (Å²) in [4.78, 5) is 12.1. The summed E-state index contributed by atoms with van der Waals surface area (Å²) in [7, 11) is 0. The molecular weight excluding hydrogens is 279 g/mol. The number of carbonyl (C=O) groups is 1. The summed E-state index contributed by atoms with van der Waals surface area (Å²) < 4.78 is 38.0. The maximum Gasteiger partial charge on any atom is 0.416 e. The fourth-order valence-electron chi connectivity index (χ4n) is 2.71. The molecule has 1 aromatic rings. The molecular formula is C16H20F3NO. The molecule has 0 bridgehead atoms. The summed E-state index contributed by atoms with van der Waals surface area (Å²) in [5.41, 5.74) is -0.709. The molecule has 1 amide bonds. The molecule has 2 nitrogen and oxygen atoms in total. The second-order valence-corrected chi connectivity index (χ2v) is 5.59. The molecule has 1 aliphatic carbocycles. The van der Waals surface area contributed by atoms with Gasteiger partial charge in [-0.05, 0) is 31.0 Å². The first-order chi connectivity index (χ1) is 9.97. The SMILES string of the molecule is O=C(NC1CCCCCCC1)c1cccc(C(F)(F)F)c1. The predicted octanol–water partition coefficient (Wildman–Crippen LogP) is 4.55. The molecule has 0 spiro atoms.